The average molecular weight is 221 g/mol. The monoisotopic (exact) mass is 221 g/mol. The van der Waals surface area contributed by atoms with Gasteiger partial charge in [-0.2, -0.15) is 5.10 Å². The van der Waals surface area contributed by atoms with Gasteiger partial charge in [-0.05, 0) is 49.6 Å². The van der Waals surface area contributed by atoms with Gasteiger partial charge in [-0.25, -0.2) is 0 Å². The van der Waals surface area contributed by atoms with Crippen molar-refractivity contribution in [3.05, 3.63) is 18.0 Å². The minimum absolute atomic E-state index is 0.328. The zero-order valence-electron chi connectivity index (χ0n) is 10.4. The number of nitrogens with two attached hydrogens (primary N) is 1. The Hall–Kier alpha value is -0.830. The van der Waals surface area contributed by atoms with E-state index in [9.17, 15) is 0 Å². The van der Waals surface area contributed by atoms with Gasteiger partial charge in [0.25, 0.3) is 0 Å². The highest BCUT2D eigenvalue weighted by atomic mass is 15.2. The van der Waals surface area contributed by atoms with Crippen molar-refractivity contribution in [1.29, 1.82) is 0 Å². The maximum atomic E-state index is 6.01. The van der Waals surface area contributed by atoms with Gasteiger partial charge in [-0.15, -0.1) is 0 Å². The molecule has 90 valence electrons. The smallest absolute Gasteiger partial charge is 0.0630 e. The molecule has 3 nitrogen and oxygen atoms in total. The first-order chi connectivity index (χ1) is 7.67. The normalized spacial score (nSPS) is 29.8. The number of aromatic nitrogens is 2. The fraction of sp³-hybridized carbons (Fsp3) is 0.769. The van der Waals surface area contributed by atoms with Gasteiger partial charge in [0.1, 0.15) is 0 Å². The van der Waals surface area contributed by atoms with Crippen molar-refractivity contribution in [2.24, 2.45) is 24.1 Å². The zero-order chi connectivity index (χ0) is 11.6. The predicted molar refractivity (Wildman–Crippen MR) is 66.0 cm³/mol. The number of hydrogen-bond acceptors (Lipinski definition) is 2. The van der Waals surface area contributed by atoms with Crippen LogP contribution in [0.3, 0.4) is 0 Å². The lowest BCUT2D eigenvalue weighted by Gasteiger charge is -2.26. The molecule has 0 aromatic carbocycles. The lowest BCUT2D eigenvalue weighted by Crippen LogP contribution is -2.30. The van der Waals surface area contributed by atoms with Crippen LogP contribution in [0.25, 0.3) is 0 Å². The molecule has 16 heavy (non-hydrogen) atoms. The van der Waals surface area contributed by atoms with Crippen LogP contribution in [0.5, 0.6) is 0 Å². The quantitative estimate of drug-likeness (QED) is 0.846. The minimum atomic E-state index is 0.328. The number of rotatable bonds is 4. The van der Waals surface area contributed by atoms with Crippen molar-refractivity contribution in [2.45, 2.75) is 39.0 Å². The lowest BCUT2D eigenvalue weighted by molar-refractivity contribution is 0.287. The van der Waals surface area contributed by atoms with E-state index in [1.165, 1.54) is 31.4 Å². The molecule has 1 aromatic heterocycles. The van der Waals surface area contributed by atoms with Gasteiger partial charge >= 0.3 is 0 Å². The molecule has 1 fully saturated rings. The van der Waals surface area contributed by atoms with Crippen molar-refractivity contribution >= 4 is 0 Å². The van der Waals surface area contributed by atoms with Gasteiger partial charge in [-0.3, -0.25) is 4.68 Å². The lowest BCUT2D eigenvalue weighted by atomic mass is 9.80. The molecular weight excluding hydrogens is 198 g/mol. The molecule has 2 unspecified atom stereocenters. The SMILES string of the molecule is CCC1CCC(CN)(Cc2ccn(C)n2)C1. The van der Waals surface area contributed by atoms with Crippen LogP contribution in [0.2, 0.25) is 0 Å². The van der Waals surface area contributed by atoms with E-state index in [0.717, 1.165) is 18.9 Å². The van der Waals surface area contributed by atoms with E-state index in [4.69, 9.17) is 5.73 Å². The highest BCUT2D eigenvalue weighted by Crippen LogP contribution is 2.44. The highest BCUT2D eigenvalue weighted by molar-refractivity contribution is 5.05. The summed E-state index contributed by atoms with van der Waals surface area (Å²) in [6.07, 6.45) is 8.28. The first-order valence-corrected chi connectivity index (χ1v) is 6.36. The van der Waals surface area contributed by atoms with Crippen LogP contribution >= 0.6 is 0 Å². The van der Waals surface area contributed by atoms with Crippen LogP contribution in [-0.2, 0) is 13.5 Å². The van der Waals surface area contributed by atoms with E-state index in [2.05, 4.69) is 18.1 Å². The van der Waals surface area contributed by atoms with Crippen molar-refractivity contribution in [3.63, 3.8) is 0 Å². The summed E-state index contributed by atoms with van der Waals surface area (Å²) in [4.78, 5) is 0. The van der Waals surface area contributed by atoms with E-state index < -0.39 is 0 Å². The minimum Gasteiger partial charge on any atom is -0.330 e. The van der Waals surface area contributed by atoms with Crippen molar-refractivity contribution in [1.82, 2.24) is 9.78 Å². The van der Waals surface area contributed by atoms with E-state index in [-0.39, 0.29) is 0 Å². The Labute approximate surface area is 98.0 Å². The molecule has 2 rings (SSSR count). The number of hydrogen-bond donors (Lipinski definition) is 1. The standard InChI is InChI=1S/C13H23N3/c1-3-11-4-6-13(8-11,10-14)9-12-5-7-16(2)15-12/h5,7,11H,3-4,6,8-10,14H2,1-2H3. The summed E-state index contributed by atoms with van der Waals surface area (Å²) in [5.41, 5.74) is 7.53. The van der Waals surface area contributed by atoms with Gasteiger partial charge < -0.3 is 5.73 Å². The third-order valence-electron chi connectivity index (χ3n) is 4.14. The summed E-state index contributed by atoms with van der Waals surface area (Å²) in [7, 11) is 1.97. The van der Waals surface area contributed by atoms with Crippen LogP contribution in [-0.4, -0.2) is 16.3 Å². The summed E-state index contributed by atoms with van der Waals surface area (Å²) in [5, 5.41) is 4.48. The molecule has 1 aromatic rings. The molecule has 1 aliphatic carbocycles. The summed E-state index contributed by atoms with van der Waals surface area (Å²) in [5.74, 6) is 0.882. The molecule has 0 aliphatic heterocycles. The molecule has 0 amide bonds. The van der Waals surface area contributed by atoms with E-state index >= 15 is 0 Å². The first-order valence-electron chi connectivity index (χ1n) is 6.36. The summed E-state index contributed by atoms with van der Waals surface area (Å²) >= 11 is 0. The molecule has 0 spiro atoms. The van der Waals surface area contributed by atoms with Gasteiger partial charge in [0.05, 0.1) is 5.69 Å². The number of nitrogens with zero attached hydrogens (tertiary/aromatic N) is 2. The molecule has 3 heteroatoms. The molecule has 0 saturated heterocycles. The Bertz CT molecular complexity index is 345. The largest absolute Gasteiger partial charge is 0.330 e. The third-order valence-corrected chi connectivity index (χ3v) is 4.14. The molecule has 0 bridgehead atoms. The molecule has 1 aliphatic rings. The molecule has 0 radical (unpaired) electrons. The van der Waals surface area contributed by atoms with Crippen LogP contribution < -0.4 is 5.73 Å². The second-order valence-corrected chi connectivity index (χ2v) is 5.38. The van der Waals surface area contributed by atoms with Crippen LogP contribution in [0.15, 0.2) is 12.3 Å². The first kappa shape index (κ1) is 11.6. The van der Waals surface area contributed by atoms with E-state index in [1.54, 1.807) is 0 Å². The molecule has 1 saturated carbocycles. The van der Waals surface area contributed by atoms with Crippen LogP contribution in [0.4, 0.5) is 0 Å². The third kappa shape index (κ3) is 2.29. The molecular formula is C13H23N3. The van der Waals surface area contributed by atoms with Crippen molar-refractivity contribution in [2.75, 3.05) is 6.54 Å². The molecule has 2 N–H and O–H groups in total. The highest BCUT2D eigenvalue weighted by Gasteiger charge is 2.37. The Kier molecular flexibility index (Phi) is 3.33. The maximum absolute atomic E-state index is 6.01. The fourth-order valence-corrected chi connectivity index (χ4v) is 3.04. The summed E-state index contributed by atoms with van der Waals surface area (Å²) in [6, 6.07) is 2.12. The second kappa shape index (κ2) is 4.58. The maximum Gasteiger partial charge on any atom is 0.0630 e. The summed E-state index contributed by atoms with van der Waals surface area (Å²) in [6.45, 7) is 3.10. The van der Waals surface area contributed by atoms with Gasteiger partial charge in [0, 0.05) is 13.2 Å². The molecule has 2 atom stereocenters. The molecule has 1 heterocycles. The predicted octanol–water partition coefficient (Wildman–Crippen LogP) is 2.12. The Morgan fingerprint density at radius 2 is 2.44 bits per heavy atom. The van der Waals surface area contributed by atoms with E-state index in [1.807, 2.05) is 17.9 Å². The van der Waals surface area contributed by atoms with Gasteiger partial charge in [0.2, 0.25) is 0 Å². The summed E-state index contributed by atoms with van der Waals surface area (Å²) < 4.78 is 1.88. The average Bonchev–Trinajstić information content (AvgIpc) is 2.87. The van der Waals surface area contributed by atoms with Crippen LogP contribution in [0.1, 0.15) is 38.3 Å². The second-order valence-electron chi connectivity index (χ2n) is 5.38. The van der Waals surface area contributed by atoms with Crippen LogP contribution in [0, 0.1) is 11.3 Å². The fourth-order valence-electron chi connectivity index (χ4n) is 3.04. The zero-order valence-corrected chi connectivity index (χ0v) is 10.4. The topological polar surface area (TPSA) is 43.8 Å². The van der Waals surface area contributed by atoms with Gasteiger partial charge in [0.15, 0.2) is 0 Å². The Morgan fingerprint density at radius 3 is 2.94 bits per heavy atom. The number of aryl methyl sites for hydroxylation is 1. The van der Waals surface area contributed by atoms with Crippen molar-refractivity contribution < 1.29 is 0 Å². The Balaban J connectivity index is 2.06. The Morgan fingerprint density at radius 1 is 1.62 bits per heavy atom. The van der Waals surface area contributed by atoms with E-state index in [0.29, 0.717) is 5.41 Å². The van der Waals surface area contributed by atoms with Crippen molar-refractivity contribution in [3.8, 4) is 0 Å². The van der Waals surface area contributed by atoms with Gasteiger partial charge in [-0.1, -0.05) is 13.3 Å².